The van der Waals surface area contributed by atoms with Gasteiger partial charge in [-0.2, -0.15) is 0 Å². The highest BCUT2D eigenvalue weighted by Gasteiger charge is 2.01. The fourth-order valence-corrected chi connectivity index (χ4v) is 1.20. The molecule has 15 heavy (non-hydrogen) atoms. The second kappa shape index (κ2) is 5.90. The molecule has 0 unspecified atom stereocenters. The van der Waals surface area contributed by atoms with E-state index in [0.29, 0.717) is 13.0 Å². The molecule has 0 saturated heterocycles. The average molecular weight is 209 g/mol. The Labute approximate surface area is 88.9 Å². The fraction of sp³-hybridized carbons (Fsp3) is 0.364. The van der Waals surface area contributed by atoms with Crippen LogP contribution < -0.4 is 10.1 Å². The molecular weight excluding hydrogens is 194 g/mol. The van der Waals surface area contributed by atoms with Gasteiger partial charge in [-0.25, -0.2) is 0 Å². The van der Waals surface area contributed by atoms with Crippen LogP contribution in [0.25, 0.3) is 0 Å². The number of hydrogen-bond donors (Lipinski definition) is 2. The molecule has 0 saturated carbocycles. The maximum atomic E-state index is 10.3. The Bertz CT molecular complexity index is 325. The van der Waals surface area contributed by atoms with Crippen LogP contribution in [0.1, 0.15) is 12.8 Å². The molecule has 82 valence electrons. The van der Waals surface area contributed by atoms with E-state index in [9.17, 15) is 4.79 Å². The number of para-hydroxylation sites is 2. The minimum absolute atomic E-state index is 0.141. The van der Waals surface area contributed by atoms with Crippen LogP contribution in [0.15, 0.2) is 24.3 Å². The van der Waals surface area contributed by atoms with Crippen LogP contribution in [-0.4, -0.2) is 24.7 Å². The van der Waals surface area contributed by atoms with E-state index in [4.69, 9.17) is 9.84 Å². The zero-order valence-electron chi connectivity index (χ0n) is 8.69. The lowest BCUT2D eigenvalue weighted by Gasteiger charge is -2.09. The third-order valence-corrected chi connectivity index (χ3v) is 1.95. The van der Waals surface area contributed by atoms with E-state index in [2.05, 4.69) is 5.32 Å². The van der Waals surface area contributed by atoms with Crippen molar-refractivity contribution >= 4 is 11.7 Å². The summed E-state index contributed by atoms with van der Waals surface area (Å²) in [5.74, 6) is -0.0362. The Hall–Kier alpha value is -1.71. The van der Waals surface area contributed by atoms with Crippen LogP contribution in [0.2, 0.25) is 0 Å². The van der Waals surface area contributed by atoms with Crippen LogP contribution >= 0.6 is 0 Å². The van der Waals surface area contributed by atoms with Gasteiger partial charge in [0.15, 0.2) is 0 Å². The van der Waals surface area contributed by atoms with Gasteiger partial charge in [0.25, 0.3) is 0 Å². The molecule has 0 bridgehead atoms. The molecule has 0 aromatic heterocycles. The number of benzene rings is 1. The summed E-state index contributed by atoms with van der Waals surface area (Å²) in [5.41, 5.74) is 0.910. The topological polar surface area (TPSA) is 58.6 Å². The standard InChI is InChI=1S/C11H15NO3/c1-12-9-5-2-3-6-10(9)15-8-4-7-11(13)14/h2-3,5-6,12H,4,7-8H2,1H3,(H,13,14). The minimum atomic E-state index is -0.791. The largest absolute Gasteiger partial charge is 0.491 e. The summed E-state index contributed by atoms with van der Waals surface area (Å²) in [6.45, 7) is 0.422. The van der Waals surface area contributed by atoms with Gasteiger partial charge < -0.3 is 15.2 Å². The molecule has 0 aliphatic heterocycles. The van der Waals surface area contributed by atoms with Crippen LogP contribution in [0, 0.1) is 0 Å². The Morgan fingerprint density at radius 3 is 2.87 bits per heavy atom. The summed E-state index contributed by atoms with van der Waals surface area (Å²) >= 11 is 0. The molecule has 0 aliphatic rings. The molecule has 0 amide bonds. The van der Waals surface area contributed by atoms with Crippen molar-refractivity contribution in [3.05, 3.63) is 24.3 Å². The molecule has 1 aromatic carbocycles. The molecular formula is C11H15NO3. The van der Waals surface area contributed by atoms with Gasteiger partial charge in [-0.1, -0.05) is 12.1 Å². The van der Waals surface area contributed by atoms with E-state index < -0.39 is 5.97 Å². The SMILES string of the molecule is CNc1ccccc1OCCCC(=O)O. The first kappa shape index (κ1) is 11.4. The van der Waals surface area contributed by atoms with Gasteiger partial charge in [0, 0.05) is 13.5 Å². The molecule has 2 N–H and O–H groups in total. The van der Waals surface area contributed by atoms with Crippen molar-refractivity contribution in [3.8, 4) is 5.75 Å². The molecule has 0 spiro atoms. The monoisotopic (exact) mass is 209 g/mol. The average Bonchev–Trinajstić information content (AvgIpc) is 2.24. The normalized spacial score (nSPS) is 9.67. The van der Waals surface area contributed by atoms with Crippen molar-refractivity contribution < 1.29 is 14.6 Å². The molecule has 0 atom stereocenters. The smallest absolute Gasteiger partial charge is 0.303 e. The van der Waals surface area contributed by atoms with Crippen molar-refractivity contribution in [2.45, 2.75) is 12.8 Å². The van der Waals surface area contributed by atoms with Crippen molar-refractivity contribution in [1.82, 2.24) is 0 Å². The number of hydrogen-bond acceptors (Lipinski definition) is 3. The molecule has 0 radical (unpaired) electrons. The Balaban J connectivity index is 2.39. The fourth-order valence-electron chi connectivity index (χ4n) is 1.20. The van der Waals surface area contributed by atoms with Gasteiger partial charge in [-0.3, -0.25) is 4.79 Å². The number of aliphatic carboxylic acids is 1. The second-order valence-corrected chi connectivity index (χ2v) is 3.09. The quantitative estimate of drug-likeness (QED) is 0.703. The number of carboxylic acid groups (broad SMARTS) is 1. The van der Waals surface area contributed by atoms with Gasteiger partial charge in [0.05, 0.1) is 12.3 Å². The predicted molar refractivity (Wildman–Crippen MR) is 58.4 cm³/mol. The number of carbonyl (C=O) groups is 1. The summed E-state index contributed by atoms with van der Waals surface area (Å²) in [6.07, 6.45) is 0.662. The lowest BCUT2D eigenvalue weighted by molar-refractivity contribution is -0.137. The maximum Gasteiger partial charge on any atom is 0.303 e. The maximum absolute atomic E-state index is 10.3. The van der Waals surface area contributed by atoms with E-state index in [1.807, 2.05) is 31.3 Å². The zero-order chi connectivity index (χ0) is 11.1. The van der Waals surface area contributed by atoms with Crippen LogP contribution in [0.3, 0.4) is 0 Å². The summed E-state index contributed by atoms with van der Waals surface area (Å²) in [7, 11) is 1.82. The highest BCUT2D eigenvalue weighted by Crippen LogP contribution is 2.22. The van der Waals surface area contributed by atoms with E-state index in [-0.39, 0.29) is 6.42 Å². The van der Waals surface area contributed by atoms with Crippen molar-refractivity contribution in [1.29, 1.82) is 0 Å². The van der Waals surface area contributed by atoms with Gasteiger partial charge >= 0.3 is 5.97 Å². The van der Waals surface area contributed by atoms with E-state index in [1.54, 1.807) is 0 Å². The minimum Gasteiger partial charge on any atom is -0.491 e. The van der Waals surface area contributed by atoms with Gasteiger partial charge in [0.2, 0.25) is 0 Å². The third-order valence-electron chi connectivity index (χ3n) is 1.95. The Morgan fingerprint density at radius 1 is 1.47 bits per heavy atom. The Kier molecular flexibility index (Phi) is 4.47. The highest BCUT2D eigenvalue weighted by atomic mass is 16.5. The van der Waals surface area contributed by atoms with Crippen LogP contribution in [-0.2, 0) is 4.79 Å². The zero-order valence-corrected chi connectivity index (χ0v) is 8.69. The van der Waals surface area contributed by atoms with Crippen LogP contribution in [0.5, 0.6) is 5.75 Å². The van der Waals surface area contributed by atoms with Crippen molar-refractivity contribution in [2.24, 2.45) is 0 Å². The lowest BCUT2D eigenvalue weighted by Crippen LogP contribution is -2.03. The first-order valence-corrected chi connectivity index (χ1v) is 4.85. The van der Waals surface area contributed by atoms with Crippen LogP contribution in [0.4, 0.5) is 5.69 Å². The number of carboxylic acids is 1. The molecule has 0 heterocycles. The van der Waals surface area contributed by atoms with E-state index >= 15 is 0 Å². The van der Waals surface area contributed by atoms with Crippen molar-refractivity contribution in [3.63, 3.8) is 0 Å². The second-order valence-electron chi connectivity index (χ2n) is 3.09. The Morgan fingerprint density at radius 2 is 2.20 bits per heavy atom. The van der Waals surface area contributed by atoms with E-state index in [1.165, 1.54) is 0 Å². The predicted octanol–water partition coefficient (Wildman–Crippen LogP) is 1.97. The first-order chi connectivity index (χ1) is 7.24. The molecule has 0 aliphatic carbocycles. The summed E-state index contributed by atoms with van der Waals surface area (Å²) in [4.78, 5) is 10.3. The number of anilines is 1. The molecule has 4 heteroatoms. The van der Waals surface area contributed by atoms with Crippen molar-refractivity contribution in [2.75, 3.05) is 19.0 Å². The number of ether oxygens (including phenoxy) is 1. The first-order valence-electron chi connectivity index (χ1n) is 4.85. The van der Waals surface area contributed by atoms with E-state index in [0.717, 1.165) is 11.4 Å². The molecule has 1 rings (SSSR count). The highest BCUT2D eigenvalue weighted by molar-refractivity contribution is 5.66. The van der Waals surface area contributed by atoms with Gasteiger partial charge in [-0.15, -0.1) is 0 Å². The molecule has 4 nitrogen and oxygen atoms in total. The third kappa shape index (κ3) is 3.89. The lowest BCUT2D eigenvalue weighted by atomic mass is 10.3. The summed E-state index contributed by atoms with van der Waals surface area (Å²) in [6, 6.07) is 7.56. The molecule has 1 aromatic rings. The molecule has 0 fully saturated rings. The number of rotatable bonds is 6. The summed E-state index contributed by atoms with van der Waals surface area (Å²) < 4.78 is 5.45. The number of nitrogens with one attached hydrogen (secondary N) is 1. The van der Waals surface area contributed by atoms with Gasteiger partial charge in [0.1, 0.15) is 5.75 Å². The summed E-state index contributed by atoms with van der Waals surface area (Å²) in [5, 5.41) is 11.4. The van der Waals surface area contributed by atoms with Gasteiger partial charge in [-0.05, 0) is 18.6 Å².